The number of hydrogen-bond acceptors (Lipinski definition) is 5. The van der Waals surface area contributed by atoms with E-state index >= 15 is 0 Å². The summed E-state index contributed by atoms with van der Waals surface area (Å²) in [5.74, 6) is 0.793. The Labute approximate surface area is 137 Å². The number of rotatable bonds is 4. The minimum absolute atomic E-state index is 0.216. The minimum atomic E-state index is 0.216. The zero-order valence-corrected chi connectivity index (χ0v) is 14.3. The van der Waals surface area contributed by atoms with Crippen LogP contribution in [0.5, 0.6) is 0 Å². The Balaban J connectivity index is 2.07. The number of aryl methyl sites for hydroxylation is 1. The van der Waals surface area contributed by atoms with Crippen LogP contribution < -0.4 is 4.80 Å². The maximum atomic E-state index is 5.51. The van der Waals surface area contributed by atoms with Crippen LogP contribution in [0.15, 0.2) is 50.4 Å². The quantitative estimate of drug-likeness (QED) is 0.655. The van der Waals surface area contributed by atoms with Gasteiger partial charge in [-0.1, -0.05) is 0 Å². The molecule has 0 aliphatic heterocycles. The second-order valence-electron chi connectivity index (χ2n) is 5.11. The minimum Gasteiger partial charge on any atom is -0.463 e. The van der Waals surface area contributed by atoms with Crippen molar-refractivity contribution in [3.63, 3.8) is 0 Å². The molecule has 0 amide bonds. The molecule has 0 fully saturated rings. The van der Waals surface area contributed by atoms with E-state index < -0.39 is 0 Å². The Morgan fingerprint density at radius 2 is 2.14 bits per heavy atom. The number of aromatic nitrogens is 1. The Hall–Kier alpha value is -1.92. The molecule has 3 rings (SSSR count). The number of thiazole rings is 1. The maximum absolute atomic E-state index is 5.51. The summed E-state index contributed by atoms with van der Waals surface area (Å²) >= 11 is 3.29. The first kappa shape index (κ1) is 15.0. The highest BCUT2D eigenvalue weighted by Crippen LogP contribution is 2.21. The predicted molar refractivity (Wildman–Crippen MR) is 92.8 cm³/mol. The number of thiophene rings is 1. The third-order valence-corrected chi connectivity index (χ3v) is 4.65. The van der Waals surface area contributed by atoms with E-state index in [4.69, 9.17) is 4.42 Å². The molecule has 0 aromatic carbocycles. The highest BCUT2D eigenvalue weighted by Gasteiger charge is 2.10. The van der Waals surface area contributed by atoms with Crippen molar-refractivity contribution in [2.75, 3.05) is 0 Å². The molecule has 0 atom stereocenters. The van der Waals surface area contributed by atoms with Gasteiger partial charge in [-0.05, 0) is 45.0 Å². The highest BCUT2D eigenvalue weighted by molar-refractivity contribution is 7.13. The van der Waals surface area contributed by atoms with Gasteiger partial charge in [0, 0.05) is 21.2 Å². The van der Waals surface area contributed by atoms with Gasteiger partial charge in [0.05, 0.1) is 12.5 Å². The SMILES string of the molecule is Cc1ccc(C=Nn2c(-c3ccco3)csc2=NC(C)C)s1. The molecule has 0 spiro atoms. The fourth-order valence-electron chi connectivity index (χ4n) is 1.95. The summed E-state index contributed by atoms with van der Waals surface area (Å²) in [6.45, 7) is 6.21. The first-order chi connectivity index (χ1) is 10.6. The van der Waals surface area contributed by atoms with E-state index in [1.54, 1.807) is 28.9 Å². The van der Waals surface area contributed by atoms with Crippen molar-refractivity contribution in [3.8, 4) is 11.5 Å². The van der Waals surface area contributed by atoms with Gasteiger partial charge in [-0.2, -0.15) is 5.10 Å². The van der Waals surface area contributed by atoms with E-state index in [1.807, 2.05) is 28.4 Å². The van der Waals surface area contributed by atoms with Gasteiger partial charge in [0.2, 0.25) is 4.80 Å². The molecule has 0 bridgehead atoms. The van der Waals surface area contributed by atoms with Crippen LogP contribution in [0, 0.1) is 6.92 Å². The van der Waals surface area contributed by atoms with Crippen LogP contribution in [0.2, 0.25) is 0 Å². The molecule has 0 N–H and O–H groups in total. The van der Waals surface area contributed by atoms with Gasteiger partial charge >= 0.3 is 0 Å². The van der Waals surface area contributed by atoms with Crippen molar-refractivity contribution < 1.29 is 4.42 Å². The lowest BCUT2D eigenvalue weighted by molar-refractivity contribution is 0.575. The van der Waals surface area contributed by atoms with Gasteiger partial charge in [0.1, 0.15) is 5.69 Å². The molecule has 0 aliphatic rings. The average molecular weight is 331 g/mol. The van der Waals surface area contributed by atoms with Crippen molar-refractivity contribution in [2.24, 2.45) is 10.1 Å². The van der Waals surface area contributed by atoms with Crippen molar-refractivity contribution in [1.29, 1.82) is 0 Å². The van der Waals surface area contributed by atoms with Gasteiger partial charge < -0.3 is 4.42 Å². The largest absolute Gasteiger partial charge is 0.463 e. The van der Waals surface area contributed by atoms with E-state index in [1.165, 1.54) is 4.88 Å². The molecule has 0 radical (unpaired) electrons. The fraction of sp³-hybridized carbons (Fsp3) is 0.250. The van der Waals surface area contributed by atoms with Crippen LogP contribution in [-0.2, 0) is 0 Å². The summed E-state index contributed by atoms with van der Waals surface area (Å²) < 4.78 is 7.35. The van der Waals surface area contributed by atoms with Crippen LogP contribution in [0.1, 0.15) is 23.6 Å². The zero-order valence-electron chi connectivity index (χ0n) is 12.7. The van der Waals surface area contributed by atoms with Crippen LogP contribution in [0.3, 0.4) is 0 Å². The standard InChI is InChI=1S/C16H17N3OS2/c1-11(2)18-16-19(17-9-13-7-6-12(3)22-13)14(10-21-16)15-5-4-8-20-15/h4-11H,1-3H3. The van der Waals surface area contributed by atoms with E-state index in [9.17, 15) is 0 Å². The normalized spacial score (nSPS) is 12.8. The van der Waals surface area contributed by atoms with E-state index in [-0.39, 0.29) is 6.04 Å². The second-order valence-corrected chi connectivity index (χ2v) is 7.26. The first-order valence-electron chi connectivity index (χ1n) is 7.02. The molecule has 0 aliphatic carbocycles. The molecular formula is C16H17N3OS2. The van der Waals surface area contributed by atoms with Crippen molar-refractivity contribution in [3.05, 3.63) is 50.5 Å². The third-order valence-electron chi connectivity index (χ3n) is 2.89. The molecule has 22 heavy (non-hydrogen) atoms. The van der Waals surface area contributed by atoms with Gasteiger partial charge in [0.25, 0.3) is 0 Å². The molecule has 114 valence electrons. The molecule has 0 unspecified atom stereocenters. The molecule has 3 aromatic heterocycles. The molecule has 6 heteroatoms. The molecular weight excluding hydrogens is 314 g/mol. The van der Waals surface area contributed by atoms with Crippen LogP contribution >= 0.6 is 22.7 Å². The molecule has 3 heterocycles. The Bertz CT molecular complexity index is 835. The molecule has 0 saturated carbocycles. The summed E-state index contributed by atoms with van der Waals surface area (Å²) in [6, 6.07) is 8.19. The summed E-state index contributed by atoms with van der Waals surface area (Å²) in [6.07, 6.45) is 3.54. The van der Waals surface area contributed by atoms with Crippen LogP contribution in [0.25, 0.3) is 11.5 Å². The number of hydrogen-bond donors (Lipinski definition) is 0. The lowest BCUT2D eigenvalue weighted by Crippen LogP contribution is -2.14. The Morgan fingerprint density at radius 1 is 1.27 bits per heavy atom. The van der Waals surface area contributed by atoms with Crippen LogP contribution in [0.4, 0.5) is 0 Å². The van der Waals surface area contributed by atoms with Gasteiger partial charge in [-0.3, -0.25) is 4.99 Å². The van der Waals surface area contributed by atoms with Crippen molar-refractivity contribution in [1.82, 2.24) is 4.68 Å². The molecule has 4 nitrogen and oxygen atoms in total. The fourth-order valence-corrected chi connectivity index (χ4v) is 3.65. The molecule has 3 aromatic rings. The Kier molecular flexibility index (Phi) is 4.40. The van der Waals surface area contributed by atoms with Crippen molar-refractivity contribution >= 4 is 28.9 Å². The van der Waals surface area contributed by atoms with Gasteiger partial charge in [-0.25, -0.2) is 4.68 Å². The summed E-state index contributed by atoms with van der Waals surface area (Å²) in [5.41, 5.74) is 0.916. The maximum Gasteiger partial charge on any atom is 0.206 e. The van der Waals surface area contributed by atoms with E-state index in [0.29, 0.717) is 0 Å². The predicted octanol–water partition coefficient (Wildman–Crippen LogP) is 4.37. The van der Waals surface area contributed by atoms with Gasteiger partial charge in [0.15, 0.2) is 5.76 Å². The Morgan fingerprint density at radius 3 is 2.77 bits per heavy atom. The summed E-state index contributed by atoms with van der Waals surface area (Å²) in [5, 5.41) is 6.64. The van der Waals surface area contributed by atoms with E-state index in [0.717, 1.165) is 21.1 Å². The zero-order chi connectivity index (χ0) is 15.5. The van der Waals surface area contributed by atoms with E-state index in [2.05, 4.69) is 43.0 Å². The number of furan rings is 1. The summed E-state index contributed by atoms with van der Waals surface area (Å²) in [7, 11) is 0. The second kappa shape index (κ2) is 6.46. The first-order valence-corrected chi connectivity index (χ1v) is 8.72. The lowest BCUT2D eigenvalue weighted by atomic mass is 10.4. The number of nitrogens with zero attached hydrogens (tertiary/aromatic N) is 3. The third kappa shape index (κ3) is 3.28. The molecule has 0 saturated heterocycles. The van der Waals surface area contributed by atoms with Gasteiger partial charge in [-0.15, -0.1) is 22.7 Å². The monoisotopic (exact) mass is 331 g/mol. The smallest absolute Gasteiger partial charge is 0.206 e. The topological polar surface area (TPSA) is 42.8 Å². The summed E-state index contributed by atoms with van der Waals surface area (Å²) in [4.78, 5) is 7.90. The van der Waals surface area contributed by atoms with Crippen molar-refractivity contribution in [2.45, 2.75) is 26.8 Å². The highest BCUT2D eigenvalue weighted by atomic mass is 32.1. The van der Waals surface area contributed by atoms with Crippen LogP contribution in [-0.4, -0.2) is 16.9 Å². The average Bonchev–Trinajstić information content (AvgIpc) is 3.17. The lowest BCUT2D eigenvalue weighted by Gasteiger charge is -2.00.